The van der Waals surface area contributed by atoms with Gasteiger partial charge in [-0.25, -0.2) is 4.99 Å². The summed E-state index contributed by atoms with van der Waals surface area (Å²) in [7, 11) is 0. The first-order chi connectivity index (χ1) is 13.1. The number of aromatic nitrogens is 1. The molecule has 1 aromatic rings. The molecular weight excluding hydrogens is 469 g/mol. The van der Waals surface area contributed by atoms with Gasteiger partial charge in [0, 0.05) is 44.1 Å². The summed E-state index contributed by atoms with van der Waals surface area (Å²) in [5.74, 6) is 2.02. The maximum Gasteiger partial charge on any atom is 0.222 e. The van der Waals surface area contributed by atoms with Gasteiger partial charge in [0.05, 0.1) is 12.2 Å². The van der Waals surface area contributed by atoms with Crippen molar-refractivity contribution in [2.45, 2.75) is 78.8 Å². The maximum absolute atomic E-state index is 12.0. The monoisotopic (exact) mass is 505 g/mol. The van der Waals surface area contributed by atoms with Gasteiger partial charge in [0.2, 0.25) is 5.91 Å². The van der Waals surface area contributed by atoms with E-state index in [-0.39, 0.29) is 24.0 Å². The summed E-state index contributed by atoms with van der Waals surface area (Å²) in [5.41, 5.74) is 2.09. The van der Waals surface area contributed by atoms with Crippen LogP contribution >= 0.6 is 24.0 Å². The first-order valence-electron chi connectivity index (χ1n) is 10.4. The topological polar surface area (TPSA) is 82.8 Å². The van der Waals surface area contributed by atoms with E-state index in [2.05, 4.69) is 43.5 Å². The van der Waals surface area contributed by atoms with E-state index in [1.54, 1.807) is 0 Å². The Bertz CT molecular complexity index is 611. The fourth-order valence-electron chi connectivity index (χ4n) is 3.61. The van der Waals surface area contributed by atoms with E-state index in [4.69, 9.17) is 9.52 Å². The average molecular weight is 505 g/mol. The number of nitrogens with zero attached hydrogens (tertiary/aromatic N) is 3. The minimum atomic E-state index is 0. The molecule has 1 atom stereocenters. The SMILES string of the molecule is CCNC(=NCc1c(CC)noc1CC)NCCC(CC)N1CCCC1=O.I. The number of halogens is 1. The van der Waals surface area contributed by atoms with Crippen molar-refractivity contribution < 1.29 is 9.32 Å². The Labute approximate surface area is 186 Å². The Hall–Kier alpha value is -1.32. The van der Waals surface area contributed by atoms with Crippen molar-refractivity contribution in [2.75, 3.05) is 19.6 Å². The van der Waals surface area contributed by atoms with Crippen molar-refractivity contribution >= 4 is 35.8 Å². The smallest absolute Gasteiger partial charge is 0.222 e. The van der Waals surface area contributed by atoms with Gasteiger partial charge in [-0.1, -0.05) is 25.9 Å². The van der Waals surface area contributed by atoms with E-state index < -0.39 is 0 Å². The molecule has 2 heterocycles. The molecule has 8 heteroatoms. The highest BCUT2D eigenvalue weighted by atomic mass is 127. The Balaban J connectivity index is 0.00000392. The van der Waals surface area contributed by atoms with Gasteiger partial charge in [-0.2, -0.15) is 0 Å². The molecule has 160 valence electrons. The fourth-order valence-corrected chi connectivity index (χ4v) is 3.61. The van der Waals surface area contributed by atoms with Gasteiger partial charge >= 0.3 is 0 Å². The van der Waals surface area contributed by atoms with Crippen LogP contribution in [0.5, 0.6) is 0 Å². The summed E-state index contributed by atoms with van der Waals surface area (Å²) in [4.78, 5) is 18.8. The first-order valence-corrected chi connectivity index (χ1v) is 10.4. The molecule has 1 saturated heterocycles. The highest BCUT2D eigenvalue weighted by Gasteiger charge is 2.26. The number of aliphatic imine (C=N–C) groups is 1. The van der Waals surface area contributed by atoms with E-state index in [9.17, 15) is 4.79 Å². The average Bonchev–Trinajstić information content (AvgIpc) is 3.28. The summed E-state index contributed by atoms with van der Waals surface area (Å²) in [6.07, 6.45) is 5.28. The second kappa shape index (κ2) is 13.0. The minimum Gasteiger partial charge on any atom is -0.361 e. The van der Waals surface area contributed by atoms with E-state index >= 15 is 0 Å². The van der Waals surface area contributed by atoms with Crippen molar-refractivity contribution in [3.63, 3.8) is 0 Å². The van der Waals surface area contributed by atoms with Crippen molar-refractivity contribution in [1.82, 2.24) is 20.7 Å². The van der Waals surface area contributed by atoms with Gasteiger partial charge in [0.25, 0.3) is 0 Å². The maximum atomic E-state index is 12.0. The molecule has 1 aromatic heterocycles. The molecule has 1 aliphatic heterocycles. The lowest BCUT2D eigenvalue weighted by molar-refractivity contribution is -0.129. The van der Waals surface area contributed by atoms with Crippen molar-refractivity contribution in [3.05, 3.63) is 17.0 Å². The van der Waals surface area contributed by atoms with Crippen LogP contribution in [0.1, 0.15) is 70.4 Å². The number of carbonyl (C=O) groups excluding carboxylic acids is 1. The largest absolute Gasteiger partial charge is 0.361 e. The van der Waals surface area contributed by atoms with Gasteiger partial charge in [-0.15, -0.1) is 24.0 Å². The number of rotatable bonds is 10. The lowest BCUT2D eigenvalue weighted by Crippen LogP contribution is -2.42. The van der Waals surface area contributed by atoms with Crippen LogP contribution in [0.25, 0.3) is 0 Å². The zero-order valence-electron chi connectivity index (χ0n) is 17.7. The molecule has 2 rings (SSSR count). The molecule has 1 fully saturated rings. The number of hydrogen-bond acceptors (Lipinski definition) is 4. The Morgan fingerprint density at radius 3 is 2.61 bits per heavy atom. The van der Waals surface area contributed by atoms with Gasteiger partial charge < -0.3 is 20.1 Å². The molecule has 0 saturated carbocycles. The normalized spacial score (nSPS) is 15.5. The predicted molar refractivity (Wildman–Crippen MR) is 123 cm³/mol. The predicted octanol–water partition coefficient (Wildman–Crippen LogP) is 3.26. The lowest BCUT2D eigenvalue weighted by atomic mass is 10.1. The Morgan fingerprint density at radius 1 is 1.25 bits per heavy atom. The third kappa shape index (κ3) is 6.63. The summed E-state index contributed by atoms with van der Waals surface area (Å²) < 4.78 is 5.42. The zero-order valence-corrected chi connectivity index (χ0v) is 20.0. The summed E-state index contributed by atoms with van der Waals surface area (Å²) in [6, 6.07) is 0.312. The van der Waals surface area contributed by atoms with Gasteiger partial charge in [-0.3, -0.25) is 4.79 Å². The van der Waals surface area contributed by atoms with E-state index in [0.717, 1.165) is 74.7 Å². The number of amides is 1. The van der Waals surface area contributed by atoms with Crippen molar-refractivity contribution in [1.29, 1.82) is 0 Å². The number of guanidine groups is 1. The minimum absolute atomic E-state index is 0. The summed E-state index contributed by atoms with van der Waals surface area (Å²) >= 11 is 0. The number of hydrogen-bond donors (Lipinski definition) is 2. The second-order valence-corrected chi connectivity index (χ2v) is 6.90. The van der Waals surface area contributed by atoms with Crippen LogP contribution in [-0.4, -0.2) is 47.6 Å². The molecule has 1 aliphatic rings. The van der Waals surface area contributed by atoms with Crippen molar-refractivity contribution in [3.8, 4) is 0 Å². The molecule has 1 unspecified atom stereocenters. The third-order valence-electron chi connectivity index (χ3n) is 5.14. The molecule has 0 radical (unpaired) electrons. The first kappa shape index (κ1) is 24.7. The van der Waals surface area contributed by atoms with Gasteiger partial charge in [0.1, 0.15) is 5.76 Å². The number of carbonyl (C=O) groups is 1. The van der Waals surface area contributed by atoms with E-state index in [1.165, 1.54) is 0 Å². The van der Waals surface area contributed by atoms with Crippen LogP contribution in [0.4, 0.5) is 0 Å². The van der Waals surface area contributed by atoms with Gasteiger partial charge in [-0.05, 0) is 32.6 Å². The van der Waals surface area contributed by atoms with Crippen LogP contribution < -0.4 is 10.6 Å². The Morgan fingerprint density at radius 2 is 2.04 bits per heavy atom. The highest BCUT2D eigenvalue weighted by Crippen LogP contribution is 2.18. The standard InChI is InChI=1S/C20H35N5O2.HI/c1-5-15(25-13-9-10-19(25)26)11-12-22-20(21-8-4)23-14-16-17(6-2)24-27-18(16)7-3;/h15H,5-14H2,1-4H3,(H2,21,22,23);1H. The van der Waals surface area contributed by atoms with Crippen LogP contribution in [-0.2, 0) is 24.2 Å². The molecule has 0 aromatic carbocycles. The molecular formula is C20H36IN5O2. The molecule has 0 aliphatic carbocycles. The summed E-state index contributed by atoms with van der Waals surface area (Å²) in [6.45, 7) is 11.4. The number of aryl methyl sites for hydroxylation is 2. The quantitative estimate of drug-likeness (QED) is 0.290. The fraction of sp³-hybridized carbons (Fsp3) is 0.750. The van der Waals surface area contributed by atoms with Gasteiger partial charge in [0.15, 0.2) is 5.96 Å². The van der Waals surface area contributed by atoms with Crippen LogP contribution in [0.15, 0.2) is 9.52 Å². The van der Waals surface area contributed by atoms with Crippen molar-refractivity contribution in [2.24, 2.45) is 4.99 Å². The lowest BCUT2D eigenvalue weighted by Gasteiger charge is -2.27. The molecule has 7 nitrogen and oxygen atoms in total. The zero-order chi connectivity index (χ0) is 19.6. The van der Waals surface area contributed by atoms with E-state index in [0.29, 0.717) is 24.9 Å². The Kier molecular flexibility index (Phi) is 11.5. The van der Waals surface area contributed by atoms with E-state index in [1.807, 2.05) is 4.90 Å². The molecule has 28 heavy (non-hydrogen) atoms. The molecule has 2 N–H and O–H groups in total. The highest BCUT2D eigenvalue weighted by molar-refractivity contribution is 14.0. The second-order valence-electron chi connectivity index (χ2n) is 6.90. The number of nitrogens with one attached hydrogen (secondary N) is 2. The summed E-state index contributed by atoms with van der Waals surface area (Å²) in [5, 5.41) is 10.9. The molecule has 1 amide bonds. The third-order valence-corrected chi connectivity index (χ3v) is 5.14. The van der Waals surface area contributed by atoms with Crippen LogP contribution in [0.2, 0.25) is 0 Å². The van der Waals surface area contributed by atoms with Crippen LogP contribution in [0, 0.1) is 0 Å². The number of likely N-dealkylation sites (tertiary alicyclic amines) is 1. The molecule has 0 spiro atoms. The molecule has 0 bridgehead atoms. The van der Waals surface area contributed by atoms with Crippen LogP contribution in [0.3, 0.4) is 0 Å².